The van der Waals surface area contributed by atoms with Crippen LogP contribution in [0.1, 0.15) is 35.2 Å². The summed E-state index contributed by atoms with van der Waals surface area (Å²) in [5.74, 6) is -0.315. The van der Waals surface area contributed by atoms with Crippen LogP contribution in [0.25, 0.3) is 0 Å². The molecule has 1 saturated heterocycles. The Morgan fingerprint density at radius 1 is 0.929 bits per heavy atom. The van der Waals surface area contributed by atoms with Crippen LogP contribution in [0.2, 0.25) is 0 Å². The van der Waals surface area contributed by atoms with Crippen molar-refractivity contribution in [2.24, 2.45) is 23.7 Å². The molecule has 2 aromatic rings. The first-order chi connectivity index (χ1) is 13.6. The van der Waals surface area contributed by atoms with Crippen LogP contribution >= 0.6 is 0 Å². The summed E-state index contributed by atoms with van der Waals surface area (Å²) in [6.45, 7) is 0.180. The van der Waals surface area contributed by atoms with Gasteiger partial charge in [-0.3, -0.25) is 14.5 Å². The largest absolute Gasteiger partial charge is 0.457 e. The molecule has 2 saturated carbocycles. The van der Waals surface area contributed by atoms with Crippen molar-refractivity contribution < 1.29 is 19.1 Å². The van der Waals surface area contributed by atoms with Gasteiger partial charge in [-0.2, -0.15) is 0 Å². The number of fused-ring (bicyclic) bond motifs is 5. The Morgan fingerprint density at radius 3 is 2.29 bits per heavy atom. The van der Waals surface area contributed by atoms with Crippen LogP contribution in [0.5, 0.6) is 0 Å². The molecule has 3 fully saturated rings. The average Bonchev–Trinajstić information content (AvgIpc) is 3.41. The maximum absolute atomic E-state index is 13.0. The van der Waals surface area contributed by atoms with Gasteiger partial charge in [0, 0.05) is 0 Å². The van der Waals surface area contributed by atoms with Gasteiger partial charge in [0.25, 0.3) is 0 Å². The number of carbonyl (C=O) groups excluding carboxylic acids is 3. The highest BCUT2D eigenvalue weighted by Crippen LogP contribution is 2.56. The molecule has 1 heterocycles. The summed E-state index contributed by atoms with van der Waals surface area (Å²) in [4.78, 5) is 39.7. The molecule has 2 bridgehead atoms. The molecule has 0 spiro atoms. The minimum absolute atomic E-state index is 0.1000. The number of hydrogen-bond acceptors (Lipinski definition) is 4. The third kappa shape index (κ3) is 2.65. The van der Waals surface area contributed by atoms with Crippen molar-refractivity contribution in [3.8, 4) is 0 Å². The predicted octanol–water partition coefficient (Wildman–Crippen LogP) is 3.58. The SMILES string of the molecule is O=C(OCc1ccccc1)c1cccc(N2C(=O)[C@H]3[C@H]4CC[C@@H](C4)[C@@H]3C2=O)c1. The molecule has 1 aliphatic heterocycles. The number of benzene rings is 2. The zero-order valence-electron chi connectivity index (χ0n) is 15.4. The van der Waals surface area contributed by atoms with Gasteiger partial charge in [-0.15, -0.1) is 0 Å². The molecule has 28 heavy (non-hydrogen) atoms. The smallest absolute Gasteiger partial charge is 0.338 e. The molecule has 2 aromatic carbocycles. The van der Waals surface area contributed by atoms with Crippen molar-refractivity contribution in [1.29, 1.82) is 0 Å². The maximum Gasteiger partial charge on any atom is 0.338 e. The lowest BCUT2D eigenvalue weighted by Crippen LogP contribution is -2.32. The number of nitrogens with zero attached hydrogens (tertiary/aromatic N) is 1. The van der Waals surface area contributed by atoms with E-state index in [4.69, 9.17) is 4.74 Å². The Hall–Kier alpha value is -2.95. The monoisotopic (exact) mass is 375 g/mol. The Balaban J connectivity index is 1.35. The van der Waals surface area contributed by atoms with Crippen molar-refractivity contribution in [3.63, 3.8) is 0 Å². The summed E-state index contributed by atoms with van der Waals surface area (Å²) in [6, 6.07) is 16.1. The zero-order valence-corrected chi connectivity index (χ0v) is 15.4. The van der Waals surface area contributed by atoms with E-state index < -0.39 is 5.97 Å². The number of carbonyl (C=O) groups is 3. The zero-order chi connectivity index (χ0) is 19.3. The van der Waals surface area contributed by atoms with Crippen LogP contribution in [-0.2, 0) is 20.9 Å². The van der Waals surface area contributed by atoms with Gasteiger partial charge in [0.05, 0.1) is 23.1 Å². The number of rotatable bonds is 4. The second kappa shape index (κ2) is 6.59. The van der Waals surface area contributed by atoms with Gasteiger partial charge in [-0.1, -0.05) is 36.4 Å². The lowest BCUT2D eigenvalue weighted by atomic mass is 9.81. The average molecular weight is 375 g/mol. The maximum atomic E-state index is 13.0. The Kier molecular flexibility index (Phi) is 4.04. The van der Waals surface area contributed by atoms with Gasteiger partial charge in [-0.25, -0.2) is 4.79 Å². The van der Waals surface area contributed by atoms with E-state index in [-0.39, 0.29) is 30.3 Å². The number of hydrogen-bond donors (Lipinski definition) is 0. The van der Waals surface area contributed by atoms with Gasteiger partial charge in [0.15, 0.2) is 0 Å². The first kappa shape index (κ1) is 17.2. The molecule has 4 atom stereocenters. The molecule has 0 aromatic heterocycles. The molecule has 5 nitrogen and oxygen atoms in total. The highest BCUT2D eigenvalue weighted by atomic mass is 16.5. The fourth-order valence-corrected chi connectivity index (χ4v) is 5.24. The molecule has 3 aliphatic rings. The fourth-order valence-electron chi connectivity index (χ4n) is 5.24. The third-order valence-corrected chi connectivity index (χ3v) is 6.48. The lowest BCUT2D eigenvalue weighted by Gasteiger charge is -2.19. The second-order valence-corrected chi connectivity index (χ2v) is 8.01. The van der Waals surface area contributed by atoms with Crippen LogP contribution < -0.4 is 4.90 Å². The topological polar surface area (TPSA) is 63.7 Å². The van der Waals surface area contributed by atoms with Gasteiger partial charge < -0.3 is 4.74 Å². The van der Waals surface area contributed by atoms with E-state index in [1.54, 1.807) is 24.3 Å². The van der Waals surface area contributed by atoms with Crippen LogP contribution in [0.4, 0.5) is 5.69 Å². The van der Waals surface area contributed by atoms with E-state index in [0.717, 1.165) is 24.8 Å². The molecule has 5 rings (SSSR count). The van der Waals surface area contributed by atoms with Crippen LogP contribution in [0.15, 0.2) is 54.6 Å². The number of esters is 1. The lowest BCUT2D eigenvalue weighted by molar-refractivity contribution is -0.123. The molecular formula is C23H21NO4. The van der Waals surface area contributed by atoms with Gasteiger partial charge >= 0.3 is 5.97 Å². The van der Waals surface area contributed by atoms with E-state index >= 15 is 0 Å². The van der Waals surface area contributed by atoms with Crippen LogP contribution in [-0.4, -0.2) is 17.8 Å². The third-order valence-electron chi connectivity index (χ3n) is 6.48. The molecular weight excluding hydrogens is 354 g/mol. The van der Waals surface area contributed by atoms with Gasteiger partial charge in [0.1, 0.15) is 6.61 Å². The van der Waals surface area contributed by atoms with Crippen LogP contribution in [0, 0.1) is 23.7 Å². The van der Waals surface area contributed by atoms with E-state index in [9.17, 15) is 14.4 Å². The van der Waals surface area contributed by atoms with Crippen LogP contribution in [0.3, 0.4) is 0 Å². The number of imide groups is 1. The minimum atomic E-state index is -0.468. The number of amides is 2. The Bertz CT molecular complexity index is 926. The van der Waals surface area contributed by atoms with Crippen molar-refractivity contribution >= 4 is 23.5 Å². The Morgan fingerprint density at radius 2 is 1.61 bits per heavy atom. The molecule has 0 N–H and O–H groups in total. The van der Waals surface area contributed by atoms with Gasteiger partial charge in [-0.05, 0) is 54.9 Å². The van der Waals surface area contributed by atoms with E-state index in [1.807, 2.05) is 30.3 Å². The summed E-state index contributed by atoms with van der Waals surface area (Å²) >= 11 is 0. The van der Waals surface area contributed by atoms with E-state index in [1.165, 1.54) is 4.90 Å². The van der Waals surface area contributed by atoms with Crippen molar-refractivity contribution in [3.05, 3.63) is 65.7 Å². The van der Waals surface area contributed by atoms with E-state index in [0.29, 0.717) is 23.1 Å². The highest BCUT2D eigenvalue weighted by molar-refractivity contribution is 6.22. The summed E-state index contributed by atoms with van der Waals surface area (Å²) in [7, 11) is 0. The Labute approximate surface area is 163 Å². The van der Waals surface area contributed by atoms with Gasteiger partial charge in [0.2, 0.25) is 11.8 Å². The first-order valence-corrected chi connectivity index (χ1v) is 9.82. The van der Waals surface area contributed by atoms with Crippen molar-refractivity contribution in [2.75, 3.05) is 4.90 Å². The van der Waals surface area contributed by atoms with Crippen molar-refractivity contribution in [2.45, 2.75) is 25.9 Å². The normalized spacial score (nSPS) is 27.9. The van der Waals surface area contributed by atoms with E-state index in [2.05, 4.69) is 0 Å². The number of anilines is 1. The molecule has 142 valence electrons. The molecule has 0 unspecified atom stereocenters. The fraction of sp³-hybridized carbons (Fsp3) is 0.348. The predicted molar refractivity (Wildman–Crippen MR) is 102 cm³/mol. The summed E-state index contributed by atoms with van der Waals surface area (Å²) in [6.07, 6.45) is 3.10. The number of ether oxygens (including phenoxy) is 1. The molecule has 5 heteroatoms. The molecule has 2 amide bonds. The van der Waals surface area contributed by atoms with Crippen molar-refractivity contribution in [1.82, 2.24) is 0 Å². The first-order valence-electron chi connectivity index (χ1n) is 9.82. The second-order valence-electron chi connectivity index (χ2n) is 8.01. The quantitative estimate of drug-likeness (QED) is 0.605. The summed E-state index contributed by atoms with van der Waals surface area (Å²) in [5.41, 5.74) is 1.72. The molecule has 0 radical (unpaired) electrons. The minimum Gasteiger partial charge on any atom is -0.457 e. The summed E-state index contributed by atoms with van der Waals surface area (Å²) in [5, 5.41) is 0. The highest BCUT2D eigenvalue weighted by Gasteiger charge is 2.61. The standard InChI is InChI=1S/C23H21NO4/c25-21-19-15-9-10-16(11-15)20(19)22(26)24(21)18-8-4-7-17(12-18)23(27)28-13-14-5-2-1-3-6-14/h1-8,12,15-16,19-20H,9-11,13H2/t15-,16-,19-,20-/m0/s1. The molecule has 2 aliphatic carbocycles. The summed E-state index contributed by atoms with van der Waals surface area (Å²) < 4.78 is 5.38.